The Hall–Kier alpha value is -4.55. The lowest BCUT2D eigenvalue weighted by Crippen LogP contribution is -2.48. The SMILES string of the molecule is CC(C)(C)[Si](C)(C)OC[C@@]1(C)Cn2ncc([S@](=O)(=NC(=O)Nc3c4c(cc5c3CC5)CC4)NC(c3ccccc3)(c3ccccc3)c3ccccc3)c2O1. The van der Waals surface area contributed by atoms with Crippen LogP contribution in [0.4, 0.5) is 10.5 Å². The van der Waals surface area contributed by atoms with Crippen LogP contribution in [-0.2, 0) is 52.1 Å². The van der Waals surface area contributed by atoms with Gasteiger partial charge in [0.15, 0.2) is 18.2 Å². The summed E-state index contributed by atoms with van der Waals surface area (Å²) in [6.07, 6.45) is 5.30. The monoisotopic (exact) mass is 759 g/mol. The Morgan fingerprint density at radius 1 is 0.889 bits per heavy atom. The van der Waals surface area contributed by atoms with Crippen molar-refractivity contribution in [2.75, 3.05) is 11.9 Å². The number of nitrogens with one attached hydrogen (secondary N) is 2. The molecule has 0 spiro atoms. The molecular weight excluding hydrogens is 711 g/mol. The number of anilines is 1. The Labute approximate surface area is 319 Å². The lowest BCUT2D eigenvalue weighted by Gasteiger charge is -2.38. The van der Waals surface area contributed by atoms with E-state index < -0.39 is 35.4 Å². The van der Waals surface area contributed by atoms with Gasteiger partial charge in [-0.25, -0.2) is 18.4 Å². The Kier molecular flexibility index (Phi) is 8.99. The van der Waals surface area contributed by atoms with E-state index in [-0.39, 0.29) is 9.93 Å². The molecule has 2 heterocycles. The van der Waals surface area contributed by atoms with Crippen LogP contribution >= 0.6 is 0 Å². The number of aromatic nitrogens is 2. The quantitative estimate of drug-likeness (QED) is 0.109. The summed E-state index contributed by atoms with van der Waals surface area (Å²) in [5, 5.41) is 7.83. The molecule has 4 aromatic carbocycles. The predicted octanol–water partition coefficient (Wildman–Crippen LogP) is 8.81. The smallest absolute Gasteiger partial charge is 0.354 e. The number of hydrogen-bond donors (Lipinski definition) is 2. The van der Waals surface area contributed by atoms with Crippen molar-refractivity contribution in [2.45, 2.75) is 94.1 Å². The molecule has 280 valence electrons. The van der Waals surface area contributed by atoms with Crippen molar-refractivity contribution in [1.82, 2.24) is 14.5 Å². The average Bonchev–Trinajstić information content (AvgIpc) is 3.66. The van der Waals surface area contributed by atoms with E-state index in [0.717, 1.165) is 59.2 Å². The van der Waals surface area contributed by atoms with Crippen molar-refractivity contribution in [1.29, 1.82) is 0 Å². The zero-order valence-electron chi connectivity index (χ0n) is 31.9. The number of carbonyl (C=O) groups is 1. The molecule has 0 saturated heterocycles. The summed E-state index contributed by atoms with van der Waals surface area (Å²) in [4.78, 5) is 14.6. The number of benzene rings is 4. The van der Waals surface area contributed by atoms with Crippen LogP contribution in [0.25, 0.3) is 0 Å². The number of rotatable bonds is 10. The zero-order chi connectivity index (χ0) is 37.9. The van der Waals surface area contributed by atoms with Gasteiger partial charge in [-0.15, -0.1) is 4.36 Å². The van der Waals surface area contributed by atoms with Crippen molar-refractivity contribution in [3.05, 3.63) is 142 Å². The molecule has 0 unspecified atom stereocenters. The van der Waals surface area contributed by atoms with Gasteiger partial charge in [0.2, 0.25) is 5.88 Å². The average molecular weight is 760 g/mol. The minimum atomic E-state index is -3.88. The topological polar surface area (TPSA) is 107 Å². The molecule has 9 nitrogen and oxygen atoms in total. The highest BCUT2D eigenvalue weighted by molar-refractivity contribution is 7.92. The Bertz CT molecular complexity index is 2220. The molecule has 5 aromatic rings. The van der Waals surface area contributed by atoms with E-state index in [2.05, 4.69) is 54.3 Å². The van der Waals surface area contributed by atoms with Gasteiger partial charge in [-0.3, -0.25) is 0 Å². The van der Waals surface area contributed by atoms with E-state index in [1.165, 1.54) is 17.3 Å². The third kappa shape index (κ3) is 6.30. The number of aryl methyl sites for hydroxylation is 2. The van der Waals surface area contributed by atoms with Gasteiger partial charge >= 0.3 is 6.03 Å². The van der Waals surface area contributed by atoms with Gasteiger partial charge in [0.1, 0.15) is 16.0 Å². The number of hydrogen-bond acceptors (Lipinski definition) is 5. The van der Waals surface area contributed by atoms with Crippen molar-refractivity contribution in [3.8, 4) is 5.88 Å². The number of urea groups is 1. The maximum absolute atomic E-state index is 16.2. The van der Waals surface area contributed by atoms with E-state index in [1.807, 2.05) is 97.9 Å². The Morgan fingerprint density at radius 3 is 1.87 bits per heavy atom. The molecule has 0 saturated carbocycles. The van der Waals surface area contributed by atoms with Crippen LogP contribution in [-0.4, -0.2) is 40.5 Å². The van der Waals surface area contributed by atoms with Gasteiger partial charge in [0.25, 0.3) is 0 Å². The van der Waals surface area contributed by atoms with Crippen LogP contribution in [0.15, 0.2) is 113 Å². The largest absolute Gasteiger partial charge is 0.466 e. The van der Waals surface area contributed by atoms with Gasteiger partial charge in [-0.1, -0.05) is 118 Å². The molecule has 2 amide bonds. The maximum Gasteiger partial charge on any atom is 0.354 e. The van der Waals surface area contributed by atoms with E-state index in [1.54, 1.807) is 4.68 Å². The summed E-state index contributed by atoms with van der Waals surface area (Å²) in [5.41, 5.74) is 6.14. The fourth-order valence-corrected chi connectivity index (χ4v) is 10.5. The summed E-state index contributed by atoms with van der Waals surface area (Å²) in [5.74, 6) is 0.307. The van der Waals surface area contributed by atoms with E-state index in [4.69, 9.17) is 14.3 Å². The molecule has 0 fully saturated rings. The van der Waals surface area contributed by atoms with E-state index >= 15 is 4.21 Å². The highest BCUT2D eigenvalue weighted by Crippen LogP contribution is 2.44. The molecule has 0 radical (unpaired) electrons. The van der Waals surface area contributed by atoms with Gasteiger partial charge < -0.3 is 14.5 Å². The predicted molar refractivity (Wildman–Crippen MR) is 216 cm³/mol. The van der Waals surface area contributed by atoms with Crippen molar-refractivity contribution in [2.24, 2.45) is 4.36 Å². The molecule has 2 atom stereocenters. The van der Waals surface area contributed by atoms with Gasteiger partial charge in [0, 0.05) is 5.69 Å². The summed E-state index contributed by atoms with van der Waals surface area (Å²) in [6, 6.07) is 31.2. The number of nitrogens with zero attached hydrogens (tertiary/aromatic N) is 3. The molecule has 2 aliphatic carbocycles. The second-order valence-electron chi connectivity index (χ2n) is 16.6. The number of amides is 2. The summed E-state index contributed by atoms with van der Waals surface area (Å²) >= 11 is 0. The van der Waals surface area contributed by atoms with Crippen LogP contribution < -0.4 is 14.8 Å². The van der Waals surface area contributed by atoms with Gasteiger partial charge in [-0.2, -0.15) is 5.10 Å². The van der Waals surface area contributed by atoms with Crippen LogP contribution in [0.3, 0.4) is 0 Å². The van der Waals surface area contributed by atoms with Gasteiger partial charge in [0.05, 0.1) is 19.3 Å². The van der Waals surface area contributed by atoms with Crippen molar-refractivity contribution in [3.63, 3.8) is 0 Å². The summed E-state index contributed by atoms with van der Waals surface area (Å²) in [7, 11) is -5.99. The molecule has 54 heavy (non-hydrogen) atoms. The highest BCUT2D eigenvalue weighted by Gasteiger charge is 2.46. The maximum atomic E-state index is 16.2. The molecule has 0 bridgehead atoms. The second kappa shape index (κ2) is 13.3. The molecule has 1 aliphatic heterocycles. The molecule has 8 rings (SSSR count). The van der Waals surface area contributed by atoms with Crippen LogP contribution in [0, 0.1) is 0 Å². The van der Waals surface area contributed by atoms with E-state index in [9.17, 15) is 4.79 Å². The van der Waals surface area contributed by atoms with Gasteiger partial charge in [-0.05, 0) is 89.7 Å². The second-order valence-corrected chi connectivity index (χ2v) is 23.3. The first-order valence-corrected chi connectivity index (χ1v) is 23.2. The summed E-state index contributed by atoms with van der Waals surface area (Å²) < 4.78 is 39.5. The molecule has 1 aromatic heterocycles. The van der Waals surface area contributed by atoms with Crippen molar-refractivity contribution < 1.29 is 18.2 Å². The molecule has 2 N–H and O–H groups in total. The lowest BCUT2D eigenvalue weighted by molar-refractivity contribution is 0.0449. The molecule has 11 heteroatoms. The standard InChI is InChI=1S/C43H49N5O4SSi/c1-41(2,3)54(5,6)51-29-42(4)28-48-39(52-42)37(27-44-48)53(50,46-40(49)45-38-35-24-22-30(35)26-31-23-25-36(31)38)47-43(32-16-10-7-11-17-32,33-18-12-8-13-19-33)34-20-14-9-15-21-34/h7-21,26-27H,22-25,28-29H2,1-6H3,(H2,45,46,47,49,50)/t42-,53+/m1/s1. The molecule has 3 aliphatic rings. The first-order chi connectivity index (χ1) is 25.7. The Balaban J connectivity index is 1.28. The summed E-state index contributed by atoms with van der Waals surface area (Å²) in [6.45, 7) is 13.8. The fraction of sp³-hybridized carbons (Fsp3) is 0.349. The number of carbonyl (C=O) groups excluding carboxylic acids is 1. The minimum Gasteiger partial charge on any atom is -0.466 e. The minimum absolute atomic E-state index is 0.0157. The van der Waals surface area contributed by atoms with Crippen LogP contribution in [0.5, 0.6) is 5.88 Å². The lowest BCUT2D eigenvalue weighted by atomic mass is 9.76. The zero-order valence-corrected chi connectivity index (χ0v) is 33.8. The van der Waals surface area contributed by atoms with Crippen LogP contribution in [0.1, 0.15) is 66.6 Å². The number of fused-ring (bicyclic) bond motifs is 3. The normalized spacial score (nSPS) is 18.6. The first kappa shape index (κ1) is 36.4. The third-order valence-corrected chi connectivity index (χ3v) is 18.2. The van der Waals surface area contributed by atoms with Crippen molar-refractivity contribution >= 4 is 30.0 Å². The third-order valence-electron chi connectivity index (χ3n) is 11.8. The molecular formula is C43H49N5O4SSi. The fourth-order valence-electron chi connectivity index (χ4n) is 7.51. The number of ether oxygens (including phenoxy) is 1. The Morgan fingerprint density at radius 2 is 1.41 bits per heavy atom. The van der Waals surface area contributed by atoms with Crippen LogP contribution in [0.2, 0.25) is 18.1 Å². The van der Waals surface area contributed by atoms with E-state index in [0.29, 0.717) is 19.0 Å². The highest BCUT2D eigenvalue weighted by atomic mass is 32.2. The first-order valence-electron chi connectivity index (χ1n) is 18.8.